The molecule has 2 aliphatic rings. The lowest BCUT2D eigenvalue weighted by Crippen LogP contribution is -2.38. The van der Waals surface area contributed by atoms with Crippen molar-refractivity contribution in [3.8, 4) is 0 Å². The average Bonchev–Trinajstić information content (AvgIpc) is 3.32. The number of piperidine rings is 1. The first-order valence-corrected chi connectivity index (χ1v) is 11.6. The second kappa shape index (κ2) is 9.20. The van der Waals surface area contributed by atoms with Gasteiger partial charge in [0.1, 0.15) is 11.6 Å². The van der Waals surface area contributed by atoms with Crippen LogP contribution in [-0.2, 0) is 9.59 Å². The summed E-state index contributed by atoms with van der Waals surface area (Å²) < 4.78 is 0. The van der Waals surface area contributed by atoms with Gasteiger partial charge in [-0.25, -0.2) is 4.98 Å². The Bertz CT molecular complexity index is 922. The first kappa shape index (κ1) is 20.9. The van der Waals surface area contributed by atoms with Crippen molar-refractivity contribution < 1.29 is 14.4 Å². The highest BCUT2D eigenvalue weighted by Crippen LogP contribution is 2.38. The molecule has 2 aromatic heterocycles. The number of H-pyrrole nitrogens is 1. The number of amides is 1. The van der Waals surface area contributed by atoms with Gasteiger partial charge in [-0.15, -0.1) is 11.3 Å². The van der Waals surface area contributed by atoms with Crippen LogP contribution in [0, 0.1) is 6.92 Å². The molecule has 8 heteroatoms. The van der Waals surface area contributed by atoms with Crippen molar-refractivity contribution >= 4 is 28.8 Å². The monoisotopic (exact) mass is 428 g/mol. The molecule has 1 aliphatic heterocycles. The van der Waals surface area contributed by atoms with Crippen molar-refractivity contribution in [3.05, 3.63) is 33.5 Å². The van der Waals surface area contributed by atoms with Crippen LogP contribution in [0.1, 0.15) is 89.4 Å². The van der Waals surface area contributed by atoms with Crippen LogP contribution in [0.2, 0.25) is 0 Å². The van der Waals surface area contributed by atoms with Gasteiger partial charge in [0.15, 0.2) is 11.6 Å². The minimum absolute atomic E-state index is 0.00658. The van der Waals surface area contributed by atoms with E-state index in [0.29, 0.717) is 29.8 Å². The summed E-state index contributed by atoms with van der Waals surface area (Å²) in [7, 11) is 0. The summed E-state index contributed by atoms with van der Waals surface area (Å²) in [4.78, 5) is 45.0. The molecule has 2 aromatic rings. The fraction of sp³-hybridized carbons (Fsp3) is 0.591. The number of hydrogen-bond acceptors (Lipinski definition) is 6. The molecule has 3 heterocycles. The lowest BCUT2D eigenvalue weighted by Gasteiger charge is -2.31. The third kappa shape index (κ3) is 5.22. The van der Waals surface area contributed by atoms with E-state index in [2.05, 4.69) is 15.2 Å². The Balaban J connectivity index is 1.15. The number of ketones is 2. The van der Waals surface area contributed by atoms with Crippen LogP contribution in [0.5, 0.6) is 0 Å². The molecule has 0 atom stereocenters. The maximum atomic E-state index is 12.5. The number of nitrogens with one attached hydrogen (secondary N) is 1. The number of carbonyl (C=O) groups is 3. The first-order chi connectivity index (χ1) is 14.5. The standard InChI is InChI=1S/C22H28N4O3S/c1-14-2-8-19(30-14)18(28)7-5-17(27)6-9-20(29)26-12-10-16(11-13-26)22-23-21(24-25-22)15-3-4-15/h2,8,15-16H,3-7,9-13H2,1H3,(H,23,24,25). The number of nitrogens with zero attached hydrogens (tertiary/aromatic N) is 3. The fourth-order valence-electron chi connectivity index (χ4n) is 3.89. The predicted molar refractivity (Wildman–Crippen MR) is 114 cm³/mol. The zero-order valence-corrected chi connectivity index (χ0v) is 18.2. The largest absolute Gasteiger partial charge is 0.343 e. The fourth-order valence-corrected chi connectivity index (χ4v) is 4.72. The quantitative estimate of drug-likeness (QED) is 0.613. The molecule has 160 valence electrons. The molecular weight excluding hydrogens is 400 g/mol. The van der Waals surface area contributed by atoms with Crippen molar-refractivity contribution in [3.63, 3.8) is 0 Å². The summed E-state index contributed by atoms with van der Waals surface area (Å²) in [5, 5.41) is 7.41. The normalized spacial score (nSPS) is 17.3. The van der Waals surface area contributed by atoms with E-state index in [4.69, 9.17) is 0 Å². The Labute approximate surface area is 180 Å². The number of thiophene rings is 1. The molecule has 0 spiro atoms. The van der Waals surface area contributed by atoms with E-state index in [0.717, 1.165) is 29.4 Å². The molecular formula is C22H28N4O3S. The Morgan fingerprint density at radius 2 is 1.77 bits per heavy atom. The number of aromatic amines is 1. The van der Waals surface area contributed by atoms with Gasteiger partial charge in [0.05, 0.1) is 4.88 Å². The zero-order chi connectivity index (χ0) is 21.1. The minimum atomic E-state index is -0.0193. The molecule has 4 rings (SSSR count). The van der Waals surface area contributed by atoms with E-state index < -0.39 is 0 Å². The Hall–Kier alpha value is -2.35. The molecule has 1 N–H and O–H groups in total. The van der Waals surface area contributed by atoms with Gasteiger partial charge < -0.3 is 4.90 Å². The molecule has 0 radical (unpaired) electrons. The van der Waals surface area contributed by atoms with Gasteiger partial charge in [-0.2, -0.15) is 5.10 Å². The summed E-state index contributed by atoms with van der Waals surface area (Å²) in [6, 6.07) is 3.72. The van der Waals surface area contributed by atoms with Gasteiger partial charge in [0, 0.05) is 55.5 Å². The van der Waals surface area contributed by atoms with E-state index in [1.165, 1.54) is 24.2 Å². The van der Waals surface area contributed by atoms with Gasteiger partial charge >= 0.3 is 0 Å². The summed E-state index contributed by atoms with van der Waals surface area (Å²) in [6.45, 7) is 3.33. The lowest BCUT2D eigenvalue weighted by atomic mass is 9.95. The van der Waals surface area contributed by atoms with E-state index in [1.807, 2.05) is 24.0 Å². The van der Waals surface area contributed by atoms with Crippen molar-refractivity contribution in [2.75, 3.05) is 13.1 Å². The highest BCUT2D eigenvalue weighted by molar-refractivity contribution is 7.14. The van der Waals surface area contributed by atoms with Crippen LogP contribution in [0.25, 0.3) is 0 Å². The van der Waals surface area contributed by atoms with E-state index in [-0.39, 0.29) is 43.2 Å². The summed E-state index contributed by atoms with van der Waals surface area (Å²) in [6.07, 6.45) is 4.97. The second-order valence-corrected chi connectivity index (χ2v) is 9.67. The summed E-state index contributed by atoms with van der Waals surface area (Å²) in [5.74, 6) is 2.76. The number of aromatic nitrogens is 3. The maximum Gasteiger partial charge on any atom is 0.223 e. The van der Waals surface area contributed by atoms with Gasteiger partial charge in [-0.3, -0.25) is 19.5 Å². The van der Waals surface area contributed by atoms with Crippen LogP contribution in [0.4, 0.5) is 0 Å². The highest BCUT2D eigenvalue weighted by Gasteiger charge is 2.30. The number of rotatable bonds is 9. The lowest BCUT2D eigenvalue weighted by molar-refractivity contribution is -0.134. The SMILES string of the molecule is Cc1ccc(C(=O)CCC(=O)CCC(=O)N2CCC(c3nc(C4CC4)n[nH]3)CC2)s1. The smallest absolute Gasteiger partial charge is 0.223 e. The van der Waals surface area contributed by atoms with Crippen molar-refractivity contribution in [1.82, 2.24) is 20.1 Å². The van der Waals surface area contributed by atoms with Crippen molar-refractivity contribution in [2.24, 2.45) is 0 Å². The summed E-state index contributed by atoms with van der Waals surface area (Å²) >= 11 is 1.46. The average molecular weight is 429 g/mol. The molecule has 0 aromatic carbocycles. The molecule has 0 bridgehead atoms. The Morgan fingerprint density at radius 3 is 2.43 bits per heavy atom. The molecule has 30 heavy (non-hydrogen) atoms. The highest BCUT2D eigenvalue weighted by atomic mass is 32.1. The summed E-state index contributed by atoms with van der Waals surface area (Å²) in [5.41, 5.74) is 0. The molecule has 1 amide bonds. The van der Waals surface area contributed by atoms with Gasteiger partial charge in [-0.1, -0.05) is 0 Å². The van der Waals surface area contributed by atoms with Crippen molar-refractivity contribution in [2.45, 2.75) is 70.1 Å². The van der Waals surface area contributed by atoms with E-state index >= 15 is 0 Å². The Kier molecular flexibility index (Phi) is 6.41. The topological polar surface area (TPSA) is 96.0 Å². The number of aryl methyl sites for hydroxylation is 1. The minimum Gasteiger partial charge on any atom is -0.343 e. The second-order valence-electron chi connectivity index (χ2n) is 8.38. The third-order valence-corrected chi connectivity index (χ3v) is 7.00. The number of Topliss-reactive ketones (excluding diaryl/α,β-unsaturated/α-hetero) is 2. The van der Waals surface area contributed by atoms with Crippen LogP contribution < -0.4 is 0 Å². The zero-order valence-electron chi connectivity index (χ0n) is 17.4. The number of hydrogen-bond donors (Lipinski definition) is 1. The Morgan fingerprint density at radius 1 is 1.03 bits per heavy atom. The van der Waals surface area contributed by atoms with Crippen LogP contribution in [0.15, 0.2) is 12.1 Å². The number of carbonyl (C=O) groups excluding carboxylic acids is 3. The molecule has 7 nitrogen and oxygen atoms in total. The van der Waals surface area contributed by atoms with Crippen LogP contribution in [0.3, 0.4) is 0 Å². The van der Waals surface area contributed by atoms with Crippen LogP contribution >= 0.6 is 11.3 Å². The third-order valence-electron chi connectivity index (χ3n) is 5.96. The van der Waals surface area contributed by atoms with Gasteiger partial charge in [-0.05, 0) is 44.7 Å². The predicted octanol–water partition coefficient (Wildman–Crippen LogP) is 3.77. The molecule has 1 saturated carbocycles. The molecule has 1 aliphatic carbocycles. The molecule has 0 unspecified atom stereocenters. The van der Waals surface area contributed by atoms with Crippen LogP contribution in [-0.4, -0.2) is 50.6 Å². The molecule has 2 fully saturated rings. The van der Waals surface area contributed by atoms with E-state index in [1.54, 1.807) is 0 Å². The number of likely N-dealkylation sites (tertiary alicyclic amines) is 1. The van der Waals surface area contributed by atoms with E-state index in [9.17, 15) is 14.4 Å². The van der Waals surface area contributed by atoms with Crippen molar-refractivity contribution in [1.29, 1.82) is 0 Å². The van der Waals surface area contributed by atoms with Gasteiger partial charge in [0.25, 0.3) is 0 Å². The molecule has 1 saturated heterocycles. The first-order valence-electron chi connectivity index (χ1n) is 10.8. The van der Waals surface area contributed by atoms with Gasteiger partial charge in [0.2, 0.25) is 5.91 Å². The maximum absolute atomic E-state index is 12.5.